The van der Waals surface area contributed by atoms with Gasteiger partial charge in [0.1, 0.15) is 11.5 Å². The number of para-hydroxylation sites is 2. The normalized spacial score (nSPS) is 14.8. The van der Waals surface area contributed by atoms with Gasteiger partial charge in [0, 0.05) is 37.9 Å². The molecule has 18 rings (SSSR count). The summed E-state index contributed by atoms with van der Waals surface area (Å²) in [7, 11) is 0. The third-order valence-electron chi connectivity index (χ3n) is 19.1. The molecule has 0 atom stereocenters. The molecular formula is C81H51NOS. The molecule has 3 aliphatic carbocycles. The molecule has 2 heterocycles. The molecule has 0 bridgehead atoms. The van der Waals surface area contributed by atoms with Crippen LogP contribution in [0.2, 0.25) is 0 Å². The molecule has 0 saturated heterocycles. The summed E-state index contributed by atoms with van der Waals surface area (Å²) in [4.78, 5) is 5.15. The standard InChI is InChI=1S/C81H51NOS/c1-3-25-53(26-4-1)79(54-27-5-2-6-28-54)63-35-11-8-31-59(63)77-57(33-22-41-70(77)79)52-24-21-29-55(50-52)82(56-48-49-65-61(51-56)58-30-7-10-34-62(58)80(65)66-37-13-17-44-73(66)83-74-45-18-14-38-67(74)80)72-43-23-42-71-78(72)60-32-9-12-36-64(60)81(71)68-39-15-19-46-75(68)84-76-47-20-16-40-69(76)81/h1-51H. The molecule has 0 fully saturated rings. The van der Waals surface area contributed by atoms with Crippen molar-refractivity contribution >= 4 is 28.8 Å². The summed E-state index contributed by atoms with van der Waals surface area (Å²) in [6.07, 6.45) is 0. The van der Waals surface area contributed by atoms with Gasteiger partial charge in [0.15, 0.2) is 0 Å². The van der Waals surface area contributed by atoms with Crippen molar-refractivity contribution in [2.75, 3.05) is 4.90 Å². The van der Waals surface area contributed by atoms with Gasteiger partial charge in [-0.15, -0.1) is 0 Å². The molecule has 0 unspecified atom stereocenters. The van der Waals surface area contributed by atoms with Crippen molar-refractivity contribution in [1.29, 1.82) is 0 Å². The summed E-state index contributed by atoms with van der Waals surface area (Å²) in [5.74, 6) is 1.77. The van der Waals surface area contributed by atoms with E-state index in [0.717, 1.165) is 45.3 Å². The minimum absolute atomic E-state index is 0.527. The lowest BCUT2D eigenvalue weighted by atomic mass is 9.66. The molecule has 3 heteroatoms. The van der Waals surface area contributed by atoms with Crippen molar-refractivity contribution in [3.05, 3.63) is 376 Å². The monoisotopic (exact) mass is 1090 g/mol. The van der Waals surface area contributed by atoms with Crippen molar-refractivity contribution < 1.29 is 4.74 Å². The molecular weight excluding hydrogens is 1030 g/mol. The molecule has 0 radical (unpaired) electrons. The first-order valence-corrected chi connectivity index (χ1v) is 30.0. The Kier molecular flexibility index (Phi) is 10.1. The van der Waals surface area contributed by atoms with Crippen LogP contribution in [0.3, 0.4) is 0 Å². The van der Waals surface area contributed by atoms with E-state index in [-0.39, 0.29) is 0 Å². The molecule has 13 aromatic carbocycles. The van der Waals surface area contributed by atoms with E-state index in [2.05, 4.69) is 314 Å². The van der Waals surface area contributed by atoms with Crippen LogP contribution in [0, 0.1) is 0 Å². The molecule has 0 N–H and O–H groups in total. The third-order valence-corrected chi connectivity index (χ3v) is 20.2. The molecule has 392 valence electrons. The Morgan fingerprint density at radius 3 is 1.33 bits per heavy atom. The van der Waals surface area contributed by atoms with Crippen LogP contribution in [0.25, 0.3) is 44.5 Å². The van der Waals surface area contributed by atoms with Crippen molar-refractivity contribution in [2.24, 2.45) is 0 Å². The van der Waals surface area contributed by atoms with Crippen molar-refractivity contribution in [1.82, 2.24) is 0 Å². The van der Waals surface area contributed by atoms with Gasteiger partial charge in [0.25, 0.3) is 0 Å². The highest BCUT2D eigenvalue weighted by atomic mass is 32.2. The van der Waals surface area contributed by atoms with Gasteiger partial charge < -0.3 is 9.64 Å². The fourth-order valence-electron chi connectivity index (χ4n) is 16.0. The Morgan fingerprint density at radius 2 is 0.690 bits per heavy atom. The van der Waals surface area contributed by atoms with Gasteiger partial charge in [-0.25, -0.2) is 0 Å². The molecule has 84 heavy (non-hydrogen) atoms. The van der Waals surface area contributed by atoms with Crippen molar-refractivity contribution in [2.45, 2.75) is 26.0 Å². The summed E-state index contributed by atoms with van der Waals surface area (Å²) in [5, 5.41) is 0. The quantitative estimate of drug-likeness (QED) is 0.165. The molecule has 0 saturated carbocycles. The number of ether oxygens (including phenoxy) is 1. The van der Waals surface area contributed by atoms with E-state index < -0.39 is 16.2 Å². The lowest BCUT2D eigenvalue weighted by Crippen LogP contribution is -2.32. The van der Waals surface area contributed by atoms with Crippen LogP contribution >= 0.6 is 11.8 Å². The fraction of sp³-hybridized carbons (Fsp3) is 0.0370. The zero-order chi connectivity index (χ0) is 55.1. The van der Waals surface area contributed by atoms with E-state index in [1.807, 2.05) is 11.8 Å². The van der Waals surface area contributed by atoms with Crippen LogP contribution in [0.15, 0.2) is 319 Å². The predicted molar refractivity (Wildman–Crippen MR) is 343 cm³/mol. The molecule has 2 nitrogen and oxygen atoms in total. The van der Waals surface area contributed by atoms with Gasteiger partial charge in [-0.05, 0) is 149 Å². The van der Waals surface area contributed by atoms with E-state index in [1.54, 1.807) is 0 Å². The van der Waals surface area contributed by atoms with Crippen LogP contribution in [0.1, 0.15) is 66.8 Å². The van der Waals surface area contributed by atoms with Gasteiger partial charge in [-0.2, -0.15) is 0 Å². The molecule has 2 aliphatic heterocycles. The smallest absolute Gasteiger partial charge is 0.132 e. The Hall–Kier alpha value is -10.2. The number of fused-ring (bicyclic) bond motifs is 21. The number of rotatable bonds is 6. The van der Waals surface area contributed by atoms with Gasteiger partial charge in [-0.3, -0.25) is 0 Å². The fourth-order valence-corrected chi connectivity index (χ4v) is 17.2. The first kappa shape index (κ1) is 47.4. The number of hydrogen-bond donors (Lipinski definition) is 0. The van der Waals surface area contributed by atoms with E-state index in [0.29, 0.717) is 0 Å². The molecule has 0 amide bonds. The van der Waals surface area contributed by atoms with Gasteiger partial charge >= 0.3 is 0 Å². The number of benzene rings is 13. The molecule has 2 spiro atoms. The van der Waals surface area contributed by atoms with Gasteiger partial charge in [-0.1, -0.05) is 267 Å². The maximum Gasteiger partial charge on any atom is 0.132 e. The number of hydrogen-bond acceptors (Lipinski definition) is 3. The second-order valence-corrected chi connectivity index (χ2v) is 23.9. The predicted octanol–water partition coefficient (Wildman–Crippen LogP) is 20.5. The summed E-state index contributed by atoms with van der Waals surface area (Å²) in [6, 6.07) is 116. The molecule has 0 aromatic heterocycles. The van der Waals surface area contributed by atoms with Gasteiger partial charge in [0.2, 0.25) is 0 Å². The Balaban J connectivity index is 0.909. The molecule has 5 aliphatic rings. The summed E-state index contributed by atoms with van der Waals surface area (Å²) >= 11 is 1.89. The minimum Gasteiger partial charge on any atom is -0.457 e. The Morgan fingerprint density at radius 1 is 0.262 bits per heavy atom. The highest BCUT2D eigenvalue weighted by molar-refractivity contribution is 7.99. The first-order valence-electron chi connectivity index (χ1n) is 29.1. The summed E-state index contributed by atoms with van der Waals surface area (Å²) in [5.41, 5.74) is 26.6. The van der Waals surface area contributed by atoms with Crippen molar-refractivity contribution in [3.8, 4) is 56.0 Å². The lowest BCUT2D eigenvalue weighted by Gasteiger charge is -2.40. The zero-order valence-corrected chi connectivity index (χ0v) is 46.5. The topological polar surface area (TPSA) is 12.5 Å². The van der Waals surface area contributed by atoms with Crippen molar-refractivity contribution in [3.63, 3.8) is 0 Å². The van der Waals surface area contributed by atoms with Crippen LogP contribution in [0.4, 0.5) is 17.1 Å². The van der Waals surface area contributed by atoms with E-state index >= 15 is 0 Å². The zero-order valence-electron chi connectivity index (χ0n) is 45.7. The van der Waals surface area contributed by atoms with E-state index in [1.165, 1.54) is 104 Å². The second kappa shape index (κ2) is 17.9. The highest BCUT2D eigenvalue weighted by Gasteiger charge is 2.54. The number of nitrogens with zero attached hydrogens (tertiary/aromatic N) is 1. The SMILES string of the molecule is c1ccc(C2(c3ccccc3)c3ccccc3-c3c(-c4cccc(N(c5ccc6c(c5)-c5ccccc5C65c6ccccc6Oc6ccccc65)c5cccc6c5-c5ccccc5C65c6ccccc6Sc6ccccc65)c4)cccc32)cc1. The Labute approximate surface area is 493 Å². The third kappa shape index (κ3) is 6.16. The molecule has 13 aromatic rings. The summed E-state index contributed by atoms with van der Waals surface area (Å²) < 4.78 is 6.78. The largest absolute Gasteiger partial charge is 0.457 e. The van der Waals surface area contributed by atoms with Crippen LogP contribution in [0.5, 0.6) is 11.5 Å². The van der Waals surface area contributed by atoms with Crippen LogP contribution < -0.4 is 9.64 Å². The van der Waals surface area contributed by atoms with Gasteiger partial charge in [0.05, 0.1) is 21.9 Å². The average Bonchev–Trinajstić information content (AvgIpc) is 1.69. The highest BCUT2D eigenvalue weighted by Crippen LogP contribution is 2.67. The number of anilines is 3. The Bertz CT molecular complexity index is 4750. The van der Waals surface area contributed by atoms with E-state index in [9.17, 15) is 0 Å². The lowest BCUT2D eigenvalue weighted by molar-refractivity contribution is 0.436. The maximum absolute atomic E-state index is 6.78. The first-order chi connectivity index (χ1) is 41.7. The maximum atomic E-state index is 6.78. The minimum atomic E-state index is -0.599. The van der Waals surface area contributed by atoms with E-state index in [4.69, 9.17) is 4.74 Å². The average molecular weight is 1090 g/mol. The summed E-state index contributed by atoms with van der Waals surface area (Å²) in [6.45, 7) is 0. The second-order valence-electron chi connectivity index (χ2n) is 22.9. The van der Waals surface area contributed by atoms with Crippen LogP contribution in [-0.4, -0.2) is 0 Å². The van der Waals surface area contributed by atoms with Crippen LogP contribution in [-0.2, 0) is 16.2 Å².